The van der Waals surface area contributed by atoms with Crippen LogP contribution in [0.3, 0.4) is 0 Å². The third-order valence-electron chi connectivity index (χ3n) is 2.91. The van der Waals surface area contributed by atoms with Gasteiger partial charge < -0.3 is 15.5 Å². The SMILES string of the molecule is O=C(O)Cc1cccc(NC(=O)C(O)c2ccccc2)c1. The Bertz CT molecular complexity index is 640. The molecular formula is C16H15NO4. The van der Waals surface area contributed by atoms with Gasteiger partial charge in [0.05, 0.1) is 6.42 Å². The first kappa shape index (κ1) is 14.7. The zero-order valence-corrected chi connectivity index (χ0v) is 11.2. The van der Waals surface area contributed by atoms with Crippen LogP contribution in [-0.4, -0.2) is 22.1 Å². The van der Waals surface area contributed by atoms with Gasteiger partial charge in [0, 0.05) is 5.69 Å². The van der Waals surface area contributed by atoms with Gasteiger partial charge in [-0.25, -0.2) is 0 Å². The molecule has 0 aliphatic carbocycles. The van der Waals surface area contributed by atoms with Crippen LogP contribution in [0.1, 0.15) is 17.2 Å². The number of rotatable bonds is 5. The number of carboxylic acids is 1. The van der Waals surface area contributed by atoms with E-state index in [1.54, 1.807) is 54.6 Å². The average molecular weight is 285 g/mol. The van der Waals surface area contributed by atoms with Gasteiger partial charge in [-0.1, -0.05) is 42.5 Å². The summed E-state index contributed by atoms with van der Waals surface area (Å²) in [6, 6.07) is 15.1. The summed E-state index contributed by atoms with van der Waals surface area (Å²) in [7, 11) is 0. The summed E-state index contributed by atoms with van der Waals surface area (Å²) in [5.74, 6) is -1.50. The molecule has 5 nitrogen and oxygen atoms in total. The van der Waals surface area contributed by atoms with E-state index in [1.807, 2.05) is 0 Å². The fraction of sp³-hybridized carbons (Fsp3) is 0.125. The Kier molecular flexibility index (Phi) is 4.68. The fourth-order valence-electron chi connectivity index (χ4n) is 1.93. The minimum absolute atomic E-state index is 0.120. The van der Waals surface area contributed by atoms with Gasteiger partial charge in [0.2, 0.25) is 0 Å². The lowest BCUT2D eigenvalue weighted by Gasteiger charge is -2.12. The third-order valence-corrected chi connectivity index (χ3v) is 2.91. The molecule has 0 aromatic heterocycles. The molecule has 0 aliphatic heterocycles. The van der Waals surface area contributed by atoms with Crippen LogP contribution >= 0.6 is 0 Å². The summed E-state index contributed by atoms with van der Waals surface area (Å²) in [5.41, 5.74) is 1.53. The van der Waals surface area contributed by atoms with Gasteiger partial charge in [0.25, 0.3) is 5.91 Å². The van der Waals surface area contributed by atoms with Crippen LogP contribution in [0, 0.1) is 0 Å². The number of carbonyl (C=O) groups excluding carboxylic acids is 1. The van der Waals surface area contributed by atoms with Gasteiger partial charge >= 0.3 is 5.97 Å². The Hall–Kier alpha value is -2.66. The summed E-state index contributed by atoms with van der Waals surface area (Å²) >= 11 is 0. The maximum atomic E-state index is 12.0. The number of amides is 1. The molecular weight excluding hydrogens is 270 g/mol. The molecule has 0 spiro atoms. The van der Waals surface area contributed by atoms with Crippen molar-refractivity contribution in [2.45, 2.75) is 12.5 Å². The molecule has 3 N–H and O–H groups in total. The van der Waals surface area contributed by atoms with Gasteiger partial charge in [0.15, 0.2) is 6.10 Å². The molecule has 1 atom stereocenters. The van der Waals surface area contributed by atoms with Crippen molar-refractivity contribution in [2.24, 2.45) is 0 Å². The summed E-state index contributed by atoms with van der Waals surface area (Å²) in [4.78, 5) is 22.6. The highest BCUT2D eigenvalue weighted by atomic mass is 16.4. The van der Waals surface area contributed by atoms with Crippen LogP contribution in [0.2, 0.25) is 0 Å². The van der Waals surface area contributed by atoms with E-state index < -0.39 is 18.0 Å². The Morgan fingerprint density at radius 2 is 1.76 bits per heavy atom. The van der Waals surface area contributed by atoms with Crippen LogP contribution in [-0.2, 0) is 16.0 Å². The van der Waals surface area contributed by atoms with Gasteiger partial charge in [0.1, 0.15) is 0 Å². The lowest BCUT2D eigenvalue weighted by Crippen LogP contribution is -2.20. The smallest absolute Gasteiger partial charge is 0.307 e. The quantitative estimate of drug-likeness (QED) is 0.784. The molecule has 0 heterocycles. The van der Waals surface area contributed by atoms with Crippen LogP contribution in [0.25, 0.3) is 0 Å². The number of carbonyl (C=O) groups is 2. The van der Waals surface area contributed by atoms with Crippen LogP contribution in [0.15, 0.2) is 54.6 Å². The van der Waals surface area contributed by atoms with Crippen molar-refractivity contribution in [3.05, 3.63) is 65.7 Å². The van der Waals surface area contributed by atoms with E-state index in [0.29, 0.717) is 16.8 Å². The maximum absolute atomic E-state index is 12.0. The molecule has 21 heavy (non-hydrogen) atoms. The van der Waals surface area contributed by atoms with E-state index in [1.165, 1.54) is 0 Å². The number of hydrogen-bond donors (Lipinski definition) is 3. The Morgan fingerprint density at radius 3 is 2.43 bits per heavy atom. The van der Waals surface area contributed by atoms with Crippen molar-refractivity contribution < 1.29 is 19.8 Å². The first-order valence-electron chi connectivity index (χ1n) is 6.41. The van der Waals surface area contributed by atoms with Gasteiger partial charge in [-0.3, -0.25) is 9.59 Å². The molecule has 2 rings (SSSR count). The second kappa shape index (κ2) is 6.67. The summed E-state index contributed by atoms with van der Waals surface area (Å²) in [6.45, 7) is 0. The second-order valence-corrected chi connectivity index (χ2v) is 4.57. The van der Waals surface area contributed by atoms with E-state index in [0.717, 1.165) is 0 Å². The van der Waals surface area contributed by atoms with Gasteiger partial charge in [-0.05, 0) is 23.3 Å². The zero-order valence-electron chi connectivity index (χ0n) is 11.2. The minimum Gasteiger partial charge on any atom is -0.481 e. The topological polar surface area (TPSA) is 86.6 Å². The first-order chi connectivity index (χ1) is 10.1. The van der Waals surface area contributed by atoms with Crippen molar-refractivity contribution in [2.75, 3.05) is 5.32 Å². The number of benzene rings is 2. The molecule has 0 aliphatic rings. The molecule has 0 radical (unpaired) electrons. The van der Waals surface area contributed by atoms with E-state index in [4.69, 9.17) is 5.11 Å². The Morgan fingerprint density at radius 1 is 1.05 bits per heavy atom. The van der Waals surface area contributed by atoms with Crippen molar-refractivity contribution >= 4 is 17.6 Å². The zero-order chi connectivity index (χ0) is 15.2. The molecule has 0 bridgehead atoms. The highest BCUT2D eigenvalue weighted by molar-refractivity contribution is 5.94. The van der Waals surface area contributed by atoms with Crippen molar-refractivity contribution in [3.63, 3.8) is 0 Å². The number of aliphatic hydroxyl groups excluding tert-OH is 1. The molecule has 108 valence electrons. The fourth-order valence-corrected chi connectivity index (χ4v) is 1.93. The highest BCUT2D eigenvalue weighted by Gasteiger charge is 2.17. The molecule has 0 saturated carbocycles. The predicted octanol–water partition coefficient (Wildman–Crippen LogP) is 1.99. The van der Waals surface area contributed by atoms with E-state index >= 15 is 0 Å². The van der Waals surface area contributed by atoms with Crippen molar-refractivity contribution in [1.29, 1.82) is 0 Å². The molecule has 5 heteroatoms. The van der Waals surface area contributed by atoms with E-state index in [2.05, 4.69) is 5.32 Å². The minimum atomic E-state index is -1.27. The Labute approximate surface area is 121 Å². The summed E-state index contributed by atoms with van der Waals surface area (Å²) in [6.07, 6.45) is -1.39. The van der Waals surface area contributed by atoms with Crippen molar-refractivity contribution in [3.8, 4) is 0 Å². The van der Waals surface area contributed by atoms with E-state index in [-0.39, 0.29) is 6.42 Å². The second-order valence-electron chi connectivity index (χ2n) is 4.57. The molecule has 1 unspecified atom stereocenters. The number of nitrogens with one attached hydrogen (secondary N) is 1. The molecule has 0 saturated heterocycles. The normalized spacial score (nSPS) is 11.7. The number of anilines is 1. The van der Waals surface area contributed by atoms with Gasteiger partial charge in [-0.15, -0.1) is 0 Å². The number of hydrogen-bond acceptors (Lipinski definition) is 3. The predicted molar refractivity (Wildman–Crippen MR) is 77.8 cm³/mol. The summed E-state index contributed by atoms with van der Waals surface area (Å²) < 4.78 is 0. The maximum Gasteiger partial charge on any atom is 0.307 e. The number of aliphatic hydroxyl groups is 1. The van der Waals surface area contributed by atoms with Crippen LogP contribution in [0.5, 0.6) is 0 Å². The molecule has 2 aromatic rings. The van der Waals surface area contributed by atoms with Crippen LogP contribution < -0.4 is 5.32 Å². The lowest BCUT2D eigenvalue weighted by molar-refractivity contribution is -0.136. The number of carboxylic acid groups (broad SMARTS) is 1. The highest BCUT2D eigenvalue weighted by Crippen LogP contribution is 2.17. The standard InChI is InChI=1S/C16H15NO4/c18-14(19)10-11-5-4-8-13(9-11)17-16(21)15(20)12-6-2-1-3-7-12/h1-9,15,20H,10H2,(H,17,21)(H,18,19). The summed E-state index contributed by atoms with van der Waals surface area (Å²) in [5, 5.41) is 21.3. The van der Waals surface area contributed by atoms with Crippen LogP contribution in [0.4, 0.5) is 5.69 Å². The largest absolute Gasteiger partial charge is 0.481 e. The third kappa shape index (κ3) is 4.15. The van der Waals surface area contributed by atoms with Gasteiger partial charge in [-0.2, -0.15) is 0 Å². The van der Waals surface area contributed by atoms with E-state index in [9.17, 15) is 14.7 Å². The first-order valence-corrected chi connectivity index (χ1v) is 6.41. The average Bonchev–Trinajstić information content (AvgIpc) is 2.47. The monoisotopic (exact) mass is 285 g/mol. The Balaban J connectivity index is 2.07. The lowest BCUT2D eigenvalue weighted by atomic mass is 10.1. The number of aliphatic carboxylic acids is 1. The molecule has 2 aromatic carbocycles. The van der Waals surface area contributed by atoms with Crippen molar-refractivity contribution in [1.82, 2.24) is 0 Å². The molecule has 0 fully saturated rings. The molecule has 1 amide bonds.